The van der Waals surface area contributed by atoms with Gasteiger partial charge in [-0.2, -0.15) is 5.10 Å². The molecule has 3 aromatic rings. The van der Waals surface area contributed by atoms with Crippen LogP contribution in [0.1, 0.15) is 37.5 Å². The number of aromatic nitrogens is 3. The van der Waals surface area contributed by atoms with Gasteiger partial charge in [0.25, 0.3) is 0 Å². The van der Waals surface area contributed by atoms with Crippen LogP contribution in [0.25, 0.3) is 0 Å². The summed E-state index contributed by atoms with van der Waals surface area (Å²) in [6, 6.07) is 10.9. The molecule has 0 bridgehead atoms. The van der Waals surface area contributed by atoms with Gasteiger partial charge in [0.2, 0.25) is 0 Å². The average Bonchev–Trinajstić information content (AvgIpc) is 3.23. The summed E-state index contributed by atoms with van der Waals surface area (Å²) in [7, 11) is 0. The quantitative estimate of drug-likeness (QED) is 0.312. The van der Waals surface area contributed by atoms with Crippen LogP contribution in [0.15, 0.2) is 53.9 Å². The molecule has 0 radical (unpaired) electrons. The molecule has 2 heterocycles. The molecule has 0 saturated carbocycles. The summed E-state index contributed by atoms with van der Waals surface area (Å²) in [6.07, 6.45) is 2.07. The van der Waals surface area contributed by atoms with E-state index in [1.54, 1.807) is 22.5 Å². The zero-order valence-corrected chi connectivity index (χ0v) is 18.3. The summed E-state index contributed by atoms with van der Waals surface area (Å²) in [4.78, 5) is 4.35. The maximum Gasteiger partial charge on any atom is 0.186 e. The molecule has 0 aliphatic carbocycles. The number of ether oxygens (including phenoxy) is 1. The number of hydrogen-bond acceptors (Lipinski definition) is 4. The second-order valence-corrected chi connectivity index (χ2v) is 9.23. The Hall–Kier alpha value is -1.96. The number of benzene rings is 2. The van der Waals surface area contributed by atoms with Gasteiger partial charge in [0.15, 0.2) is 5.16 Å². The molecule has 2 aromatic carbocycles. The van der Waals surface area contributed by atoms with Crippen molar-refractivity contribution >= 4 is 23.4 Å². The Kier molecular flexibility index (Phi) is 6.14. The molecule has 0 amide bonds. The van der Waals surface area contributed by atoms with Gasteiger partial charge in [0.05, 0.1) is 6.54 Å². The highest BCUT2D eigenvalue weighted by molar-refractivity contribution is 7.99. The number of nitrogens with zero attached hydrogens (tertiary/aromatic N) is 3. The fraction of sp³-hybridized carbons (Fsp3) is 0.364. The summed E-state index contributed by atoms with van der Waals surface area (Å²) in [5.74, 6) is 0.207. The lowest BCUT2D eigenvalue weighted by atomic mass is 9.91. The van der Waals surface area contributed by atoms with Gasteiger partial charge in [-0.15, -0.1) is 0 Å². The molecule has 2 unspecified atom stereocenters. The van der Waals surface area contributed by atoms with Crippen molar-refractivity contribution in [3.8, 4) is 0 Å². The van der Waals surface area contributed by atoms with Crippen LogP contribution in [0.2, 0.25) is 5.02 Å². The molecule has 1 aromatic heterocycles. The fourth-order valence-electron chi connectivity index (χ4n) is 3.50. The average molecular weight is 450 g/mol. The Morgan fingerprint density at radius 2 is 2.03 bits per heavy atom. The van der Waals surface area contributed by atoms with E-state index in [0.29, 0.717) is 10.9 Å². The van der Waals surface area contributed by atoms with E-state index in [1.807, 2.05) is 18.2 Å². The summed E-state index contributed by atoms with van der Waals surface area (Å²) >= 11 is 7.98. The minimum atomic E-state index is -1.04. The number of hydrogen-bond donors (Lipinski definition) is 0. The molecule has 158 valence electrons. The van der Waals surface area contributed by atoms with Gasteiger partial charge >= 0.3 is 0 Å². The van der Waals surface area contributed by atoms with Crippen molar-refractivity contribution in [3.63, 3.8) is 0 Å². The van der Waals surface area contributed by atoms with E-state index < -0.39 is 23.3 Å². The van der Waals surface area contributed by atoms with Crippen LogP contribution < -0.4 is 0 Å². The Labute approximate surface area is 183 Å². The van der Waals surface area contributed by atoms with E-state index >= 15 is 0 Å². The lowest BCUT2D eigenvalue weighted by Gasteiger charge is -2.16. The molecule has 0 spiro atoms. The van der Waals surface area contributed by atoms with Gasteiger partial charge in [0.1, 0.15) is 29.7 Å². The number of thioether (sulfide) groups is 1. The number of rotatable bonds is 8. The third-order valence-electron chi connectivity index (χ3n) is 5.16. The van der Waals surface area contributed by atoms with Crippen molar-refractivity contribution in [2.45, 2.75) is 43.7 Å². The Bertz CT molecular complexity index is 1040. The highest BCUT2D eigenvalue weighted by atomic mass is 35.5. The third kappa shape index (κ3) is 4.24. The SMILES string of the molecule is CC(C)CCSc1ncnn1CC1(c2ccc(F)cc2F)OC1c1ccccc1Cl. The van der Waals surface area contributed by atoms with Crippen molar-refractivity contribution in [2.24, 2.45) is 5.92 Å². The largest absolute Gasteiger partial charge is 0.354 e. The van der Waals surface area contributed by atoms with E-state index in [-0.39, 0.29) is 12.1 Å². The van der Waals surface area contributed by atoms with Crippen molar-refractivity contribution in [3.05, 3.63) is 76.6 Å². The van der Waals surface area contributed by atoms with Crippen LogP contribution >= 0.6 is 23.4 Å². The lowest BCUT2D eigenvalue weighted by molar-refractivity contribution is 0.250. The summed E-state index contributed by atoms with van der Waals surface area (Å²) in [5.41, 5.74) is 0.00331. The van der Waals surface area contributed by atoms with Crippen LogP contribution in [0, 0.1) is 17.6 Å². The molecule has 0 N–H and O–H groups in total. The Morgan fingerprint density at radius 3 is 2.77 bits per heavy atom. The van der Waals surface area contributed by atoms with Crippen molar-refractivity contribution in [1.29, 1.82) is 0 Å². The minimum absolute atomic E-state index is 0.245. The van der Waals surface area contributed by atoms with Crippen LogP contribution in [0.3, 0.4) is 0 Å². The first-order chi connectivity index (χ1) is 14.4. The van der Waals surface area contributed by atoms with E-state index in [1.165, 1.54) is 18.5 Å². The second-order valence-electron chi connectivity index (χ2n) is 7.76. The molecule has 4 nitrogen and oxygen atoms in total. The second kappa shape index (κ2) is 8.65. The topological polar surface area (TPSA) is 43.2 Å². The minimum Gasteiger partial charge on any atom is -0.354 e. The first-order valence-corrected chi connectivity index (χ1v) is 11.2. The third-order valence-corrected chi connectivity index (χ3v) is 6.52. The van der Waals surface area contributed by atoms with Gasteiger partial charge in [0, 0.05) is 28.0 Å². The molecular weight excluding hydrogens is 428 g/mol. The van der Waals surface area contributed by atoms with Gasteiger partial charge in [-0.25, -0.2) is 18.4 Å². The molecule has 8 heteroatoms. The summed E-state index contributed by atoms with van der Waals surface area (Å²) in [5, 5.41) is 5.62. The Morgan fingerprint density at radius 1 is 1.23 bits per heavy atom. The molecule has 1 aliphatic rings. The first kappa shape index (κ1) is 21.3. The van der Waals surface area contributed by atoms with Crippen LogP contribution in [0.5, 0.6) is 0 Å². The number of halogens is 3. The first-order valence-electron chi connectivity index (χ1n) is 9.79. The van der Waals surface area contributed by atoms with E-state index in [9.17, 15) is 8.78 Å². The van der Waals surface area contributed by atoms with Gasteiger partial charge in [-0.1, -0.05) is 61.5 Å². The maximum atomic E-state index is 14.8. The normalized spacial score (nSPS) is 20.7. The predicted octanol–water partition coefficient (Wildman–Crippen LogP) is 6.01. The van der Waals surface area contributed by atoms with E-state index in [4.69, 9.17) is 16.3 Å². The molecule has 1 saturated heterocycles. The van der Waals surface area contributed by atoms with Crippen molar-refractivity contribution in [1.82, 2.24) is 14.8 Å². The van der Waals surface area contributed by atoms with E-state index in [0.717, 1.165) is 29.0 Å². The van der Waals surface area contributed by atoms with Crippen molar-refractivity contribution in [2.75, 3.05) is 5.75 Å². The van der Waals surface area contributed by atoms with Gasteiger partial charge in [-0.3, -0.25) is 0 Å². The molecular formula is C22H22ClF2N3OS. The molecule has 30 heavy (non-hydrogen) atoms. The Balaban J connectivity index is 1.67. The van der Waals surface area contributed by atoms with Crippen LogP contribution in [-0.2, 0) is 16.9 Å². The molecule has 1 aliphatic heterocycles. The summed E-state index contributed by atoms with van der Waals surface area (Å²) in [6.45, 7) is 4.59. The fourth-order valence-corrected chi connectivity index (χ4v) is 4.89. The zero-order valence-electron chi connectivity index (χ0n) is 16.7. The predicted molar refractivity (Wildman–Crippen MR) is 114 cm³/mol. The molecule has 1 fully saturated rings. The maximum absolute atomic E-state index is 14.8. The monoisotopic (exact) mass is 449 g/mol. The number of epoxide rings is 1. The van der Waals surface area contributed by atoms with Gasteiger partial charge < -0.3 is 4.74 Å². The summed E-state index contributed by atoms with van der Waals surface area (Å²) < 4.78 is 36.2. The zero-order chi connectivity index (χ0) is 21.3. The smallest absolute Gasteiger partial charge is 0.186 e. The van der Waals surface area contributed by atoms with Crippen molar-refractivity contribution < 1.29 is 13.5 Å². The van der Waals surface area contributed by atoms with E-state index in [2.05, 4.69) is 23.9 Å². The van der Waals surface area contributed by atoms with Gasteiger partial charge in [-0.05, 0) is 24.5 Å². The molecule has 2 atom stereocenters. The highest BCUT2D eigenvalue weighted by Gasteiger charge is 2.61. The standard InChI is InChI=1S/C22H22ClF2N3OS/c1-14(2)9-10-30-21-26-13-27-28(21)12-22(17-8-7-15(24)11-19(17)25)20(29-22)16-5-3-4-6-18(16)23/h3-8,11,13-14,20H,9-10,12H2,1-2H3. The van der Waals surface area contributed by atoms with Crippen LogP contribution in [0.4, 0.5) is 8.78 Å². The lowest BCUT2D eigenvalue weighted by Crippen LogP contribution is -2.22. The molecule has 4 rings (SSSR count). The van der Waals surface area contributed by atoms with Crippen LogP contribution in [-0.4, -0.2) is 20.5 Å². The highest BCUT2D eigenvalue weighted by Crippen LogP contribution is 2.59.